The van der Waals surface area contributed by atoms with Crippen LogP contribution in [0, 0.1) is 0 Å². The van der Waals surface area contributed by atoms with Crippen LogP contribution in [-0.2, 0) is 0 Å². The van der Waals surface area contributed by atoms with Crippen LogP contribution >= 0.6 is 11.3 Å². The maximum Gasteiger partial charge on any atom is 0.231 e. The van der Waals surface area contributed by atoms with E-state index in [4.69, 9.17) is 14.2 Å². The Bertz CT molecular complexity index is 1110. The summed E-state index contributed by atoms with van der Waals surface area (Å²) in [6, 6.07) is 11.7. The number of methoxy groups -OCH3 is 1. The van der Waals surface area contributed by atoms with Gasteiger partial charge in [-0.15, -0.1) is 11.3 Å². The van der Waals surface area contributed by atoms with Crippen molar-refractivity contribution >= 4 is 43.1 Å². The molecule has 3 heterocycles. The minimum atomic E-state index is 0.259. The Morgan fingerprint density at radius 1 is 1.08 bits per heavy atom. The monoisotopic (exact) mass is 351 g/mol. The number of thiophene rings is 1. The molecule has 1 aliphatic rings. The quantitative estimate of drug-likeness (QED) is 0.593. The fourth-order valence-electron chi connectivity index (χ4n) is 2.88. The molecule has 25 heavy (non-hydrogen) atoms. The van der Waals surface area contributed by atoms with Crippen LogP contribution in [0.25, 0.3) is 20.3 Å². The van der Waals surface area contributed by atoms with Gasteiger partial charge in [0.05, 0.1) is 17.3 Å². The molecule has 0 saturated carbocycles. The van der Waals surface area contributed by atoms with Crippen LogP contribution in [0.4, 0.5) is 11.5 Å². The van der Waals surface area contributed by atoms with Crippen LogP contribution < -0.4 is 19.5 Å². The highest BCUT2D eigenvalue weighted by molar-refractivity contribution is 7.26. The van der Waals surface area contributed by atoms with E-state index in [2.05, 4.69) is 15.3 Å². The predicted octanol–water partition coefficient (Wildman–Crippen LogP) is 4.33. The van der Waals surface area contributed by atoms with E-state index in [1.165, 1.54) is 0 Å². The predicted molar refractivity (Wildman–Crippen MR) is 97.3 cm³/mol. The summed E-state index contributed by atoms with van der Waals surface area (Å²) < 4.78 is 18.2. The zero-order valence-corrected chi connectivity index (χ0v) is 14.1. The van der Waals surface area contributed by atoms with E-state index >= 15 is 0 Å². The molecule has 1 N–H and O–H groups in total. The highest BCUT2D eigenvalue weighted by atomic mass is 32.1. The number of nitrogens with zero attached hydrogens (tertiary/aromatic N) is 2. The fraction of sp³-hybridized carbons (Fsp3) is 0.111. The molecule has 5 rings (SSSR count). The Labute approximate surface area is 147 Å². The third-order valence-electron chi connectivity index (χ3n) is 4.10. The molecular weight excluding hydrogens is 338 g/mol. The zero-order valence-electron chi connectivity index (χ0n) is 13.3. The number of anilines is 2. The summed E-state index contributed by atoms with van der Waals surface area (Å²) in [5, 5.41) is 4.45. The Kier molecular flexibility index (Phi) is 3.14. The van der Waals surface area contributed by atoms with Crippen molar-refractivity contribution in [1.29, 1.82) is 0 Å². The van der Waals surface area contributed by atoms with Gasteiger partial charge in [0.15, 0.2) is 17.3 Å². The van der Waals surface area contributed by atoms with Gasteiger partial charge >= 0.3 is 0 Å². The molecule has 0 aliphatic carbocycles. The Morgan fingerprint density at radius 2 is 2.00 bits per heavy atom. The van der Waals surface area contributed by atoms with Crippen LogP contribution in [0.2, 0.25) is 0 Å². The van der Waals surface area contributed by atoms with E-state index in [-0.39, 0.29) is 6.79 Å². The number of aromatic nitrogens is 2. The van der Waals surface area contributed by atoms with E-state index in [0.29, 0.717) is 0 Å². The van der Waals surface area contributed by atoms with Crippen molar-refractivity contribution in [2.45, 2.75) is 0 Å². The number of ether oxygens (including phenoxy) is 3. The second-order valence-electron chi connectivity index (χ2n) is 5.56. The van der Waals surface area contributed by atoms with Crippen LogP contribution in [0.5, 0.6) is 17.2 Å². The van der Waals surface area contributed by atoms with E-state index in [9.17, 15) is 0 Å². The molecule has 0 unspecified atom stereocenters. The van der Waals surface area contributed by atoms with Crippen molar-refractivity contribution in [3.05, 3.63) is 42.7 Å². The summed E-state index contributed by atoms with van der Waals surface area (Å²) in [4.78, 5) is 8.88. The van der Waals surface area contributed by atoms with Gasteiger partial charge in [-0.2, -0.15) is 0 Å². The number of nitrogens with one attached hydrogen (secondary N) is 1. The molecule has 124 valence electrons. The van der Waals surface area contributed by atoms with Crippen LogP contribution in [0.3, 0.4) is 0 Å². The highest BCUT2D eigenvalue weighted by Gasteiger charge is 2.15. The highest BCUT2D eigenvalue weighted by Crippen LogP contribution is 2.39. The minimum absolute atomic E-state index is 0.259. The molecule has 4 aromatic rings. The minimum Gasteiger partial charge on any atom is -0.497 e. The van der Waals surface area contributed by atoms with Crippen LogP contribution in [0.1, 0.15) is 0 Å². The Morgan fingerprint density at radius 3 is 2.92 bits per heavy atom. The molecule has 0 saturated heterocycles. The molecule has 2 aromatic heterocycles. The zero-order chi connectivity index (χ0) is 16.8. The molecule has 0 radical (unpaired) electrons. The smallest absolute Gasteiger partial charge is 0.231 e. The van der Waals surface area contributed by atoms with Crippen molar-refractivity contribution in [3.63, 3.8) is 0 Å². The Balaban J connectivity index is 1.61. The lowest BCUT2D eigenvalue weighted by atomic mass is 10.2. The molecule has 0 amide bonds. The number of hydrogen-bond acceptors (Lipinski definition) is 7. The lowest BCUT2D eigenvalue weighted by molar-refractivity contribution is 0.174. The molecule has 0 atom stereocenters. The number of benzene rings is 2. The van der Waals surface area contributed by atoms with Crippen molar-refractivity contribution in [2.75, 3.05) is 19.2 Å². The molecule has 1 aliphatic heterocycles. The van der Waals surface area contributed by atoms with Crippen LogP contribution in [-0.4, -0.2) is 23.9 Å². The molecule has 6 nitrogen and oxygen atoms in total. The molecule has 7 heteroatoms. The van der Waals surface area contributed by atoms with Crippen molar-refractivity contribution in [3.8, 4) is 17.2 Å². The number of hydrogen-bond donors (Lipinski definition) is 1. The van der Waals surface area contributed by atoms with Gasteiger partial charge < -0.3 is 19.5 Å². The first-order valence-corrected chi connectivity index (χ1v) is 8.51. The summed E-state index contributed by atoms with van der Waals surface area (Å²) in [5.41, 5.74) is 1.82. The lowest BCUT2D eigenvalue weighted by Crippen LogP contribution is -1.94. The number of rotatable bonds is 3. The molecule has 2 aromatic carbocycles. The first-order chi connectivity index (χ1) is 12.3. The van der Waals surface area contributed by atoms with Gasteiger partial charge in [0, 0.05) is 21.8 Å². The molecular formula is C18H13N3O3S. The number of fused-ring (bicyclic) bond motifs is 4. The summed E-state index contributed by atoms with van der Waals surface area (Å²) in [6.45, 7) is 0.259. The SMILES string of the molecule is COc1ccc2c(c1)sc1c(Nc3ccc4c(c3)OCO4)ncnc12. The van der Waals surface area contributed by atoms with Gasteiger partial charge in [-0.25, -0.2) is 9.97 Å². The topological polar surface area (TPSA) is 65.5 Å². The van der Waals surface area contributed by atoms with Gasteiger partial charge in [-0.3, -0.25) is 0 Å². The standard InChI is InChI=1S/C18H13N3O3S/c1-22-11-3-4-12-15(7-11)25-17-16(12)19-8-20-18(17)21-10-2-5-13-14(6-10)24-9-23-13/h2-8H,9H2,1H3,(H,19,20,21). The van der Waals surface area contributed by atoms with Crippen molar-refractivity contribution < 1.29 is 14.2 Å². The molecule has 0 bridgehead atoms. The molecule has 0 fully saturated rings. The average molecular weight is 351 g/mol. The third kappa shape index (κ3) is 2.32. The van der Waals surface area contributed by atoms with Gasteiger partial charge in [-0.05, 0) is 30.3 Å². The van der Waals surface area contributed by atoms with Crippen molar-refractivity contribution in [1.82, 2.24) is 9.97 Å². The average Bonchev–Trinajstić information content (AvgIpc) is 3.25. The maximum absolute atomic E-state index is 5.43. The van der Waals surface area contributed by atoms with E-state index in [1.54, 1.807) is 24.8 Å². The van der Waals surface area contributed by atoms with Gasteiger partial charge in [0.1, 0.15) is 12.1 Å². The van der Waals surface area contributed by atoms with Gasteiger partial charge in [0.2, 0.25) is 6.79 Å². The second-order valence-corrected chi connectivity index (χ2v) is 6.61. The third-order valence-corrected chi connectivity index (χ3v) is 5.24. The second kappa shape index (κ2) is 5.49. The first kappa shape index (κ1) is 14.3. The summed E-state index contributed by atoms with van der Waals surface area (Å²) in [5.74, 6) is 3.09. The first-order valence-electron chi connectivity index (χ1n) is 7.70. The molecule has 0 spiro atoms. The van der Waals surface area contributed by atoms with Gasteiger partial charge in [-0.1, -0.05) is 0 Å². The fourth-order valence-corrected chi connectivity index (χ4v) is 4.01. The van der Waals surface area contributed by atoms with Crippen molar-refractivity contribution in [2.24, 2.45) is 0 Å². The van der Waals surface area contributed by atoms with Gasteiger partial charge in [0.25, 0.3) is 0 Å². The van der Waals surface area contributed by atoms with E-state index in [0.717, 1.165) is 49.1 Å². The van der Waals surface area contributed by atoms with E-state index < -0.39 is 0 Å². The maximum atomic E-state index is 5.43. The lowest BCUT2D eigenvalue weighted by Gasteiger charge is -2.07. The van der Waals surface area contributed by atoms with Crippen LogP contribution in [0.15, 0.2) is 42.7 Å². The Hall–Kier alpha value is -3.06. The van der Waals surface area contributed by atoms with E-state index in [1.807, 2.05) is 36.4 Å². The summed E-state index contributed by atoms with van der Waals surface area (Å²) in [6.07, 6.45) is 1.58. The summed E-state index contributed by atoms with van der Waals surface area (Å²) >= 11 is 1.64. The largest absolute Gasteiger partial charge is 0.497 e. The summed E-state index contributed by atoms with van der Waals surface area (Å²) in [7, 11) is 1.67. The normalized spacial score (nSPS) is 12.7.